The summed E-state index contributed by atoms with van der Waals surface area (Å²) in [6.45, 7) is 8.37. The molecule has 102 valence electrons. The largest absolute Gasteiger partial charge is 0.387 e. The standard InChI is InChI=1S/C13H22ClN3O/c1-5-10-12(14)11(16(4)15-10)6-17-7-13(18,8-17)9(2)3/h9,18H,5-8H2,1-4H3. The maximum Gasteiger partial charge on any atom is 0.0923 e. The zero-order valence-corrected chi connectivity index (χ0v) is 12.3. The SMILES string of the molecule is CCc1nn(C)c(CN2CC(O)(C(C)C)C2)c1Cl. The van der Waals surface area contributed by atoms with E-state index in [0.717, 1.165) is 29.4 Å². The normalized spacial score (nSPS) is 19.3. The summed E-state index contributed by atoms with van der Waals surface area (Å²) >= 11 is 6.32. The highest BCUT2D eigenvalue weighted by molar-refractivity contribution is 6.31. The molecule has 18 heavy (non-hydrogen) atoms. The van der Waals surface area contributed by atoms with Crippen molar-refractivity contribution in [2.45, 2.75) is 39.3 Å². The molecule has 1 N–H and O–H groups in total. The van der Waals surface area contributed by atoms with Gasteiger partial charge in [0.1, 0.15) is 0 Å². The number of likely N-dealkylation sites (tertiary alicyclic amines) is 1. The first kappa shape index (κ1) is 13.8. The Bertz CT molecular complexity index is 436. The highest BCUT2D eigenvalue weighted by atomic mass is 35.5. The van der Waals surface area contributed by atoms with Crippen LogP contribution in [0.3, 0.4) is 0 Å². The lowest BCUT2D eigenvalue weighted by Crippen LogP contribution is -2.63. The average molecular weight is 272 g/mol. The van der Waals surface area contributed by atoms with Gasteiger partial charge in [0.15, 0.2) is 0 Å². The van der Waals surface area contributed by atoms with E-state index in [1.54, 1.807) is 0 Å². The third-order valence-corrected chi connectivity index (χ3v) is 4.38. The number of hydrogen-bond acceptors (Lipinski definition) is 3. The first-order valence-electron chi connectivity index (χ1n) is 6.52. The third-order valence-electron chi connectivity index (χ3n) is 3.95. The summed E-state index contributed by atoms with van der Waals surface area (Å²) in [5.74, 6) is 0.293. The fourth-order valence-corrected chi connectivity index (χ4v) is 2.76. The summed E-state index contributed by atoms with van der Waals surface area (Å²) in [5.41, 5.74) is 1.46. The maximum atomic E-state index is 10.2. The third kappa shape index (κ3) is 2.29. The summed E-state index contributed by atoms with van der Waals surface area (Å²) in [7, 11) is 1.93. The number of aryl methyl sites for hydroxylation is 2. The van der Waals surface area contributed by atoms with Crippen LogP contribution in [-0.4, -0.2) is 38.5 Å². The van der Waals surface area contributed by atoms with Crippen molar-refractivity contribution in [2.24, 2.45) is 13.0 Å². The lowest BCUT2D eigenvalue weighted by atomic mass is 9.83. The summed E-state index contributed by atoms with van der Waals surface area (Å²) in [6.07, 6.45) is 0.850. The van der Waals surface area contributed by atoms with E-state index in [4.69, 9.17) is 11.6 Å². The minimum Gasteiger partial charge on any atom is -0.387 e. The number of nitrogens with zero attached hydrogens (tertiary/aromatic N) is 3. The van der Waals surface area contributed by atoms with E-state index >= 15 is 0 Å². The molecule has 0 saturated carbocycles. The van der Waals surface area contributed by atoms with Gasteiger partial charge in [-0.15, -0.1) is 0 Å². The fraction of sp³-hybridized carbons (Fsp3) is 0.769. The Balaban J connectivity index is 2.03. The van der Waals surface area contributed by atoms with E-state index in [1.807, 2.05) is 11.7 Å². The maximum absolute atomic E-state index is 10.2. The molecule has 0 unspecified atom stereocenters. The Hall–Kier alpha value is -0.580. The van der Waals surface area contributed by atoms with Crippen LogP contribution in [0, 0.1) is 5.92 Å². The molecule has 1 aromatic rings. The van der Waals surface area contributed by atoms with Crippen molar-refractivity contribution >= 4 is 11.6 Å². The monoisotopic (exact) mass is 271 g/mol. The van der Waals surface area contributed by atoms with Crippen LogP contribution in [-0.2, 0) is 20.0 Å². The van der Waals surface area contributed by atoms with Crippen molar-refractivity contribution in [3.05, 3.63) is 16.4 Å². The second-order valence-electron chi connectivity index (χ2n) is 5.59. The molecule has 0 aromatic carbocycles. The van der Waals surface area contributed by atoms with E-state index in [0.29, 0.717) is 19.0 Å². The van der Waals surface area contributed by atoms with E-state index < -0.39 is 5.60 Å². The smallest absolute Gasteiger partial charge is 0.0923 e. The van der Waals surface area contributed by atoms with E-state index in [-0.39, 0.29) is 0 Å². The fourth-order valence-electron chi connectivity index (χ4n) is 2.41. The molecule has 1 saturated heterocycles. The molecule has 0 amide bonds. The van der Waals surface area contributed by atoms with Gasteiger partial charge in [0, 0.05) is 26.7 Å². The van der Waals surface area contributed by atoms with Gasteiger partial charge < -0.3 is 5.11 Å². The molecular formula is C13H22ClN3O. The quantitative estimate of drug-likeness (QED) is 0.909. The molecular weight excluding hydrogens is 250 g/mol. The molecule has 1 fully saturated rings. The molecule has 1 aliphatic rings. The van der Waals surface area contributed by atoms with Crippen molar-refractivity contribution in [1.82, 2.24) is 14.7 Å². The number of rotatable bonds is 4. The summed E-state index contributed by atoms with van der Waals surface area (Å²) < 4.78 is 1.86. The molecule has 2 rings (SSSR count). The first-order valence-corrected chi connectivity index (χ1v) is 6.90. The first-order chi connectivity index (χ1) is 8.37. The molecule has 1 aliphatic heterocycles. The van der Waals surface area contributed by atoms with Gasteiger partial charge >= 0.3 is 0 Å². The minimum atomic E-state index is -0.529. The van der Waals surface area contributed by atoms with Crippen molar-refractivity contribution in [3.63, 3.8) is 0 Å². The van der Waals surface area contributed by atoms with Crippen molar-refractivity contribution in [3.8, 4) is 0 Å². The Labute approximate surface area is 114 Å². The van der Waals surface area contributed by atoms with E-state index in [9.17, 15) is 5.11 Å². The van der Waals surface area contributed by atoms with Crippen molar-refractivity contribution in [1.29, 1.82) is 0 Å². The van der Waals surface area contributed by atoms with Crippen LogP contribution in [0.1, 0.15) is 32.2 Å². The van der Waals surface area contributed by atoms with Crippen LogP contribution in [0.25, 0.3) is 0 Å². The van der Waals surface area contributed by atoms with Crippen LogP contribution in [0.15, 0.2) is 0 Å². The van der Waals surface area contributed by atoms with Crippen LogP contribution in [0.2, 0.25) is 5.02 Å². The predicted molar refractivity (Wildman–Crippen MR) is 72.7 cm³/mol. The van der Waals surface area contributed by atoms with Gasteiger partial charge in [0.05, 0.1) is 22.0 Å². The molecule has 0 atom stereocenters. The second-order valence-corrected chi connectivity index (χ2v) is 5.97. The number of aliphatic hydroxyl groups is 1. The lowest BCUT2D eigenvalue weighted by Gasteiger charge is -2.49. The highest BCUT2D eigenvalue weighted by Gasteiger charge is 2.43. The molecule has 0 radical (unpaired) electrons. The summed E-state index contributed by atoms with van der Waals surface area (Å²) in [6, 6.07) is 0. The molecule has 4 nitrogen and oxygen atoms in total. The van der Waals surface area contributed by atoms with Gasteiger partial charge in [0.2, 0.25) is 0 Å². The second kappa shape index (κ2) is 4.83. The molecule has 0 aliphatic carbocycles. The Kier molecular flexibility index (Phi) is 3.72. The highest BCUT2D eigenvalue weighted by Crippen LogP contribution is 2.31. The van der Waals surface area contributed by atoms with Crippen molar-refractivity contribution in [2.75, 3.05) is 13.1 Å². The number of halogens is 1. The van der Waals surface area contributed by atoms with Gasteiger partial charge in [-0.25, -0.2) is 0 Å². The van der Waals surface area contributed by atoms with Crippen LogP contribution < -0.4 is 0 Å². The van der Waals surface area contributed by atoms with Gasteiger partial charge in [-0.3, -0.25) is 9.58 Å². The predicted octanol–water partition coefficient (Wildman–Crippen LogP) is 1.84. The zero-order valence-electron chi connectivity index (χ0n) is 11.6. The molecule has 2 heterocycles. The lowest BCUT2D eigenvalue weighted by molar-refractivity contribution is -0.131. The Morgan fingerprint density at radius 2 is 2.06 bits per heavy atom. The molecule has 5 heteroatoms. The van der Waals surface area contributed by atoms with Gasteiger partial charge in [-0.1, -0.05) is 32.4 Å². The summed E-state index contributed by atoms with van der Waals surface area (Å²) in [4.78, 5) is 2.21. The van der Waals surface area contributed by atoms with Crippen molar-refractivity contribution < 1.29 is 5.11 Å². The Morgan fingerprint density at radius 1 is 1.44 bits per heavy atom. The minimum absolute atomic E-state index is 0.293. The van der Waals surface area contributed by atoms with E-state index in [1.165, 1.54) is 0 Å². The topological polar surface area (TPSA) is 41.3 Å². The Morgan fingerprint density at radius 3 is 2.50 bits per heavy atom. The number of aromatic nitrogens is 2. The van der Waals surface area contributed by atoms with Gasteiger partial charge in [-0.05, 0) is 12.3 Å². The van der Waals surface area contributed by atoms with Crippen LogP contribution >= 0.6 is 11.6 Å². The molecule has 1 aromatic heterocycles. The molecule has 0 spiro atoms. The van der Waals surface area contributed by atoms with Crippen LogP contribution in [0.4, 0.5) is 0 Å². The summed E-state index contributed by atoms with van der Waals surface area (Å²) in [5, 5.41) is 15.4. The average Bonchev–Trinajstić information content (AvgIpc) is 2.53. The molecule has 0 bridgehead atoms. The van der Waals surface area contributed by atoms with Gasteiger partial charge in [0.25, 0.3) is 0 Å². The number of β-amino-alcohol motifs (C(OH)–C–C–N with tert-alkyl or cyclic N) is 1. The van der Waals surface area contributed by atoms with Crippen LogP contribution in [0.5, 0.6) is 0 Å². The van der Waals surface area contributed by atoms with E-state index in [2.05, 4.69) is 30.8 Å². The van der Waals surface area contributed by atoms with Gasteiger partial charge in [-0.2, -0.15) is 5.10 Å². The zero-order chi connectivity index (χ0) is 13.5. The number of hydrogen-bond donors (Lipinski definition) is 1.